The fourth-order valence-electron chi connectivity index (χ4n) is 3.15. The molecule has 7 nitrogen and oxygen atoms in total. The number of ether oxygens (including phenoxy) is 1. The number of phenolic OH excluding ortho intramolecular Hbond substituents is 1. The van der Waals surface area contributed by atoms with Gasteiger partial charge in [-0.25, -0.2) is 4.79 Å². The Hall–Kier alpha value is -2.93. The lowest BCUT2D eigenvalue weighted by Gasteiger charge is -2.27. The van der Waals surface area contributed by atoms with Gasteiger partial charge in [0, 0.05) is 5.56 Å². The molecule has 2 N–H and O–H groups in total. The van der Waals surface area contributed by atoms with Gasteiger partial charge in [0.25, 0.3) is 0 Å². The molecule has 0 saturated heterocycles. The van der Waals surface area contributed by atoms with E-state index in [0.29, 0.717) is 22.3 Å². The van der Waals surface area contributed by atoms with Crippen molar-refractivity contribution in [3.8, 4) is 11.4 Å². The molecular formula is C23H29N3O4. The van der Waals surface area contributed by atoms with Crippen LogP contribution in [0.1, 0.15) is 63.0 Å². The van der Waals surface area contributed by atoms with Crippen LogP contribution in [-0.2, 0) is 15.6 Å². The zero-order valence-corrected chi connectivity index (χ0v) is 18.4. The van der Waals surface area contributed by atoms with Gasteiger partial charge in [0.2, 0.25) is 0 Å². The van der Waals surface area contributed by atoms with Gasteiger partial charge >= 0.3 is 5.97 Å². The first-order chi connectivity index (χ1) is 13.9. The highest BCUT2D eigenvalue weighted by molar-refractivity contribution is 5.93. The van der Waals surface area contributed by atoms with Crippen LogP contribution in [0.5, 0.6) is 5.75 Å². The lowest BCUT2D eigenvalue weighted by atomic mass is 9.80. The number of aliphatic hydroxyl groups is 1. The summed E-state index contributed by atoms with van der Waals surface area (Å²) in [7, 11) is 0. The molecular weight excluding hydrogens is 382 g/mol. The predicted molar refractivity (Wildman–Crippen MR) is 115 cm³/mol. The molecule has 0 aliphatic carbocycles. The van der Waals surface area contributed by atoms with Crippen molar-refractivity contribution in [2.24, 2.45) is 0 Å². The fourth-order valence-corrected chi connectivity index (χ4v) is 3.15. The third kappa shape index (κ3) is 4.31. The Balaban J connectivity index is 2.14. The maximum atomic E-state index is 12.1. The van der Waals surface area contributed by atoms with Gasteiger partial charge in [-0.15, -0.1) is 15.0 Å². The lowest BCUT2D eigenvalue weighted by molar-refractivity contribution is 0.0434. The molecule has 160 valence electrons. The molecule has 2 aromatic carbocycles. The van der Waals surface area contributed by atoms with Crippen LogP contribution >= 0.6 is 0 Å². The number of hydrogen-bond acceptors (Lipinski definition) is 6. The molecule has 3 aromatic rings. The number of rotatable bonds is 4. The Labute approximate surface area is 176 Å². The van der Waals surface area contributed by atoms with Gasteiger partial charge in [-0.05, 0) is 40.7 Å². The van der Waals surface area contributed by atoms with Gasteiger partial charge in [0.1, 0.15) is 29.1 Å². The van der Waals surface area contributed by atoms with Crippen LogP contribution in [0.3, 0.4) is 0 Å². The van der Waals surface area contributed by atoms with Crippen molar-refractivity contribution in [3.05, 3.63) is 47.0 Å². The molecule has 0 bridgehead atoms. The summed E-state index contributed by atoms with van der Waals surface area (Å²) in [5, 5.41) is 28.9. The van der Waals surface area contributed by atoms with Gasteiger partial charge < -0.3 is 14.9 Å². The van der Waals surface area contributed by atoms with E-state index in [0.717, 1.165) is 11.1 Å². The highest BCUT2D eigenvalue weighted by atomic mass is 16.5. The van der Waals surface area contributed by atoms with Gasteiger partial charge in [-0.1, -0.05) is 47.6 Å². The van der Waals surface area contributed by atoms with Crippen LogP contribution in [0.15, 0.2) is 30.3 Å². The molecule has 0 saturated carbocycles. The number of aliphatic hydroxyl groups excluding tert-OH is 1. The van der Waals surface area contributed by atoms with Crippen LogP contribution in [0.25, 0.3) is 16.7 Å². The highest BCUT2D eigenvalue weighted by Gasteiger charge is 2.26. The van der Waals surface area contributed by atoms with Crippen molar-refractivity contribution in [1.82, 2.24) is 15.0 Å². The summed E-state index contributed by atoms with van der Waals surface area (Å²) in [6, 6.07) is 8.82. The summed E-state index contributed by atoms with van der Waals surface area (Å²) in [4.78, 5) is 13.5. The minimum absolute atomic E-state index is 0.0629. The molecule has 0 unspecified atom stereocenters. The topological polar surface area (TPSA) is 97.5 Å². The normalized spacial score (nSPS) is 12.4. The SMILES string of the molecule is CC(C)(C)c1cc(-n2nc3ccc(C(=O)OCCO)cc3n2)c(O)c(C(C)(C)C)c1. The van der Waals surface area contributed by atoms with Crippen molar-refractivity contribution >= 4 is 17.0 Å². The Morgan fingerprint density at radius 2 is 1.67 bits per heavy atom. The minimum atomic E-state index is -0.534. The van der Waals surface area contributed by atoms with Gasteiger partial charge in [-0.3, -0.25) is 0 Å². The third-order valence-electron chi connectivity index (χ3n) is 4.92. The molecule has 0 atom stereocenters. The number of esters is 1. The zero-order valence-electron chi connectivity index (χ0n) is 18.4. The van der Waals surface area contributed by atoms with Crippen LogP contribution in [0.4, 0.5) is 0 Å². The highest BCUT2D eigenvalue weighted by Crippen LogP contribution is 2.39. The molecule has 0 amide bonds. The summed E-state index contributed by atoms with van der Waals surface area (Å²) in [5.41, 5.74) is 3.40. The molecule has 0 spiro atoms. The second kappa shape index (κ2) is 7.72. The van der Waals surface area contributed by atoms with E-state index in [1.54, 1.807) is 18.2 Å². The Kier molecular flexibility index (Phi) is 5.60. The molecule has 1 heterocycles. The standard InChI is InChI=1S/C23H29N3O4/c1-22(2,3)15-12-16(23(4,5)6)20(28)19(13-15)26-24-17-8-7-14(11-18(17)25-26)21(29)30-10-9-27/h7-8,11-13,27-28H,9-10H2,1-6H3. The van der Waals surface area contributed by atoms with Crippen molar-refractivity contribution in [2.45, 2.75) is 52.4 Å². The number of aromatic nitrogens is 3. The maximum Gasteiger partial charge on any atom is 0.338 e. The van der Waals surface area contributed by atoms with Crippen molar-refractivity contribution in [2.75, 3.05) is 13.2 Å². The summed E-state index contributed by atoms with van der Waals surface area (Å²) < 4.78 is 4.96. The maximum absolute atomic E-state index is 12.1. The van der Waals surface area contributed by atoms with Crippen molar-refractivity contribution in [3.63, 3.8) is 0 Å². The van der Waals surface area contributed by atoms with Crippen LogP contribution in [0, 0.1) is 0 Å². The van der Waals surface area contributed by atoms with Crippen LogP contribution < -0.4 is 0 Å². The fraction of sp³-hybridized carbons (Fsp3) is 0.435. The number of fused-ring (bicyclic) bond motifs is 1. The summed E-state index contributed by atoms with van der Waals surface area (Å²) in [6.07, 6.45) is 0. The van der Waals surface area contributed by atoms with Crippen LogP contribution in [0.2, 0.25) is 0 Å². The summed E-state index contributed by atoms with van der Waals surface area (Å²) >= 11 is 0. The number of benzene rings is 2. The molecule has 1 aromatic heterocycles. The van der Waals surface area contributed by atoms with E-state index in [1.807, 2.05) is 12.1 Å². The monoisotopic (exact) mass is 411 g/mol. The average Bonchev–Trinajstić information content (AvgIpc) is 3.07. The van der Waals surface area contributed by atoms with Gasteiger partial charge in [-0.2, -0.15) is 0 Å². The molecule has 30 heavy (non-hydrogen) atoms. The average molecular weight is 412 g/mol. The van der Waals surface area contributed by atoms with Gasteiger partial charge in [0.15, 0.2) is 0 Å². The van der Waals surface area contributed by atoms with E-state index < -0.39 is 5.97 Å². The summed E-state index contributed by atoms with van der Waals surface area (Å²) in [5.74, 6) is -0.397. The first-order valence-corrected chi connectivity index (χ1v) is 9.95. The second-order valence-corrected chi connectivity index (χ2v) is 9.44. The first kappa shape index (κ1) is 21.8. The molecule has 0 fully saturated rings. The van der Waals surface area contributed by atoms with E-state index >= 15 is 0 Å². The number of aromatic hydroxyl groups is 1. The van der Waals surface area contributed by atoms with E-state index in [-0.39, 0.29) is 29.8 Å². The van der Waals surface area contributed by atoms with Crippen molar-refractivity contribution < 1.29 is 19.7 Å². The van der Waals surface area contributed by atoms with Gasteiger partial charge in [0.05, 0.1) is 12.2 Å². The van der Waals surface area contributed by atoms with E-state index in [9.17, 15) is 9.90 Å². The quantitative estimate of drug-likeness (QED) is 0.633. The predicted octanol–water partition coefficient (Wildman–Crippen LogP) is 3.87. The molecule has 0 radical (unpaired) electrons. The lowest BCUT2D eigenvalue weighted by Crippen LogP contribution is -2.18. The summed E-state index contributed by atoms with van der Waals surface area (Å²) in [6.45, 7) is 12.2. The van der Waals surface area contributed by atoms with E-state index in [2.05, 4.69) is 51.7 Å². The van der Waals surface area contributed by atoms with E-state index in [1.165, 1.54) is 4.80 Å². The second-order valence-electron chi connectivity index (χ2n) is 9.44. The Morgan fingerprint density at radius 1 is 1.00 bits per heavy atom. The molecule has 7 heteroatoms. The molecule has 0 aliphatic rings. The molecule has 3 rings (SSSR count). The number of phenols is 1. The van der Waals surface area contributed by atoms with Crippen molar-refractivity contribution in [1.29, 1.82) is 0 Å². The van der Waals surface area contributed by atoms with Crippen LogP contribution in [-0.4, -0.2) is 44.4 Å². The largest absolute Gasteiger partial charge is 0.505 e. The Morgan fingerprint density at radius 3 is 2.27 bits per heavy atom. The number of hydrogen-bond donors (Lipinski definition) is 2. The number of carbonyl (C=O) groups is 1. The first-order valence-electron chi connectivity index (χ1n) is 9.95. The minimum Gasteiger partial charge on any atom is -0.505 e. The Bertz CT molecular complexity index is 1090. The van der Waals surface area contributed by atoms with E-state index in [4.69, 9.17) is 9.84 Å². The number of carbonyl (C=O) groups excluding carboxylic acids is 1. The smallest absolute Gasteiger partial charge is 0.338 e. The zero-order chi connectivity index (χ0) is 22.3. The third-order valence-corrected chi connectivity index (χ3v) is 4.92. The molecule has 0 aliphatic heterocycles. The number of nitrogens with zero attached hydrogens (tertiary/aromatic N) is 3.